The SMILES string of the molecule is c1cc2cc3ccc2cc1O3. The summed E-state index contributed by atoms with van der Waals surface area (Å²) in [4.78, 5) is 0. The van der Waals surface area contributed by atoms with Gasteiger partial charge in [-0.3, -0.25) is 0 Å². The predicted octanol–water partition coefficient (Wildman–Crippen LogP) is 2.95. The number of benzene rings is 2. The van der Waals surface area contributed by atoms with Gasteiger partial charge in [-0.25, -0.2) is 0 Å². The summed E-state index contributed by atoms with van der Waals surface area (Å²) in [7, 11) is 0. The molecule has 2 aromatic carbocycles. The zero-order valence-corrected chi connectivity index (χ0v) is 5.87. The molecule has 0 unspecified atom stereocenters. The van der Waals surface area contributed by atoms with Crippen molar-refractivity contribution in [3.8, 4) is 11.5 Å². The van der Waals surface area contributed by atoms with Crippen molar-refractivity contribution in [3.05, 3.63) is 36.4 Å². The Kier molecular flexibility index (Phi) is 0.737. The van der Waals surface area contributed by atoms with Crippen molar-refractivity contribution < 1.29 is 4.74 Å². The van der Waals surface area contributed by atoms with Gasteiger partial charge in [-0.2, -0.15) is 0 Å². The summed E-state index contributed by atoms with van der Waals surface area (Å²) >= 11 is 0. The third-order valence-corrected chi connectivity index (χ3v) is 2.02. The molecule has 0 saturated heterocycles. The van der Waals surface area contributed by atoms with Gasteiger partial charge in [0.25, 0.3) is 0 Å². The normalized spacial score (nSPS) is 12.4. The molecule has 0 atom stereocenters. The first kappa shape index (κ1) is 5.19. The van der Waals surface area contributed by atoms with Crippen LogP contribution in [0.5, 0.6) is 11.5 Å². The van der Waals surface area contributed by atoms with Gasteiger partial charge in [0.1, 0.15) is 11.5 Å². The molecule has 1 nitrogen and oxygen atoms in total. The fourth-order valence-corrected chi connectivity index (χ4v) is 1.46. The van der Waals surface area contributed by atoms with Crippen molar-refractivity contribution in [2.24, 2.45) is 0 Å². The molecule has 52 valence electrons. The van der Waals surface area contributed by atoms with E-state index in [0.29, 0.717) is 0 Å². The van der Waals surface area contributed by atoms with Gasteiger partial charge in [0.2, 0.25) is 0 Å². The lowest BCUT2D eigenvalue weighted by Gasteiger charge is -1.97. The standard InChI is InChI=1S/C10H6O/c1-3-9-6-8-2-4-10(11-9)5-7(1)8/h1-6H. The molecule has 0 amide bonds. The molecule has 3 aliphatic rings. The van der Waals surface area contributed by atoms with Crippen LogP contribution in [0.25, 0.3) is 10.8 Å². The Morgan fingerprint density at radius 2 is 1.27 bits per heavy atom. The van der Waals surface area contributed by atoms with Crippen LogP contribution in [0.3, 0.4) is 0 Å². The van der Waals surface area contributed by atoms with E-state index < -0.39 is 0 Å². The second-order valence-electron chi connectivity index (χ2n) is 2.77. The van der Waals surface area contributed by atoms with E-state index in [2.05, 4.69) is 24.3 Å². The highest BCUT2D eigenvalue weighted by atomic mass is 16.5. The molecule has 0 aliphatic carbocycles. The van der Waals surface area contributed by atoms with E-state index in [4.69, 9.17) is 4.74 Å². The number of fused-ring (bicyclic) bond motifs is 2. The van der Waals surface area contributed by atoms with Gasteiger partial charge in [0.15, 0.2) is 0 Å². The van der Waals surface area contributed by atoms with Crippen LogP contribution in [0.15, 0.2) is 36.4 Å². The van der Waals surface area contributed by atoms with E-state index in [9.17, 15) is 0 Å². The molecule has 0 spiro atoms. The van der Waals surface area contributed by atoms with Crippen molar-refractivity contribution in [2.75, 3.05) is 0 Å². The molecule has 3 aliphatic heterocycles. The van der Waals surface area contributed by atoms with Crippen molar-refractivity contribution in [1.82, 2.24) is 0 Å². The van der Waals surface area contributed by atoms with Crippen LogP contribution in [0.4, 0.5) is 0 Å². The van der Waals surface area contributed by atoms with Crippen LogP contribution in [-0.2, 0) is 0 Å². The molecule has 0 aromatic heterocycles. The lowest BCUT2D eigenvalue weighted by atomic mass is 10.1. The number of ether oxygens (including phenoxy) is 1. The highest BCUT2D eigenvalue weighted by Crippen LogP contribution is 2.32. The van der Waals surface area contributed by atoms with Gasteiger partial charge in [-0.15, -0.1) is 0 Å². The van der Waals surface area contributed by atoms with Crippen LogP contribution in [-0.4, -0.2) is 0 Å². The van der Waals surface area contributed by atoms with Crippen molar-refractivity contribution in [3.63, 3.8) is 0 Å². The van der Waals surface area contributed by atoms with Gasteiger partial charge in [-0.05, 0) is 35.0 Å². The fraction of sp³-hybridized carbons (Fsp3) is 0. The van der Waals surface area contributed by atoms with Crippen molar-refractivity contribution in [2.45, 2.75) is 0 Å². The first-order chi connectivity index (χ1) is 5.42. The summed E-state index contributed by atoms with van der Waals surface area (Å²) in [5, 5.41) is 2.51. The zero-order valence-electron chi connectivity index (χ0n) is 5.87. The molecular formula is C10H6O. The molecule has 0 N–H and O–H groups in total. The summed E-state index contributed by atoms with van der Waals surface area (Å²) in [6.07, 6.45) is 0. The Morgan fingerprint density at radius 3 is 1.82 bits per heavy atom. The number of hydrogen-bond donors (Lipinski definition) is 0. The molecule has 5 rings (SSSR count). The molecule has 2 aromatic rings. The molecule has 4 bridgehead atoms. The molecule has 0 radical (unpaired) electrons. The van der Waals surface area contributed by atoms with Crippen LogP contribution in [0.2, 0.25) is 0 Å². The van der Waals surface area contributed by atoms with E-state index >= 15 is 0 Å². The highest BCUT2D eigenvalue weighted by molar-refractivity contribution is 5.86. The van der Waals surface area contributed by atoms with Gasteiger partial charge >= 0.3 is 0 Å². The third kappa shape index (κ3) is 0.598. The lowest BCUT2D eigenvalue weighted by molar-refractivity contribution is 0.487. The minimum Gasteiger partial charge on any atom is -0.457 e. The quantitative estimate of drug-likeness (QED) is 0.469. The van der Waals surface area contributed by atoms with Crippen LogP contribution < -0.4 is 4.74 Å². The smallest absolute Gasteiger partial charge is 0.128 e. The van der Waals surface area contributed by atoms with E-state index in [0.717, 1.165) is 11.5 Å². The van der Waals surface area contributed by atoms with Crippen LogP contribution >= 0.6 is 0 Å². The van der Waals surface area contributed by atoms with E-state index in [-0.39, 0.29) is 0 Å². The van der Waals surface area contributed by atoms with Crippen molar-refractivity contribution in [1.29, 1.82) is 0 Å². The van der Waals surface area contributed by atoms with Gasteiger partial charge in [0, 0.05) is 0 Å². The average Bonchev–Trinajstić information content (AvgIpc) is 2.37. The molecule has 1 heteroatoms. The number of hydrogen-bond acceptors (Lipinski definition) is 1. The highest BCUT2D eigenvalue weighted by Gasteiger charge is 2.05. The van der Waals surface area contributed by atoms with Crippen molar-refractivity contribution >= 4 is 10.8 Å². The summed E-state index contributed by atoms with van der Waals surface area (Å²) < 4.78 is 5.50. The van der Waals surface area contributed by atoms with Crippen LogP contribution in [0.1, 0.15) is 0 Å². The zero-order chi connectivity index (χ0) is 7.26. The third-order valence-electron chi connectivity index (χ3n) is 2.02. The second kappa shape index (κ2) is 1.56. The van der Waals surface area contributed by atoms with E-state index in [1.807, 2.05) is 12.1 Å². The topological polar surface area (TPSA) is 9.23 Å². The maximum atomic E-state index is 5.50. The minimum absolute atomic E-state index is 0.942. The fourth-order valence-electron chi connectivity index (χ4n) is 1.46. The first-order valence-corrected chi connectivity index (χ1v) is 3.63. The Bertz CT molecular complexity index is 391. The maximum absolute atomic E-state index is 5.50. The Labute approximate surface area is 64.2 Å². The molecule has 11 heavy (non-hydrogen) atoms. The minimum atomic E-state index is 0.942. The number of rotatable bonds is 0. The summed E-state index contributed by atoms with van der Waals surface area (Å²) in [5.41, 5.74) is 0. The van der Waals surface area contributed by atoms with Gasteiger partial charge < -0.3 is 4.74 Å². The Hall–Kier alpha value is -1.50. The average molecular weight is 142 g/mol. The monoisotopic (exact) mass is 142 g/mol. The maximum Gasteiger partial charge on any atom is 0.128 e. The van der Waals surface area contributed by atoms with Gasteiger partial charge in [0.05, 0.1) is 0 Å². The first-order valence-electron chi connectivity index (χ1n) is 3.63. The molecular weight excluding hydrogens is 136 g/mol. The molecule has 0 saturated carbocycles. The van der Waals surface area contributed by atoms with Crippen LogP contribution in [0, 0.1) is 0 Å². The summed E-state index contributed by atoms with van der Waals surface area (Å²) in [5.74, 6) is 1.88. The van der Waals surface area contributed by atoms with Gasteiger partial charge in [-0.1, -0.05) is 12.1 Å². The Morgan fingerprint density at radius 1 is 0.727 bits per heavy atom. The Balaban J connectivity index is 2.65. The second-order valence-corrected chi connectivity index (χ2v) is 2.77. The predicted molar refractivity (Wildman–Crippen MR) is 44.0 cm³/mol. The van der Waals surface area contributed by atoms with E-state index in [1.54, 1.807) is 0 Å². The van der Waals surface area contributed by atoms with E-state index in [1.165, 1.54) is 10.8 Å². The largest absolute Gasteiger partial charge is 0.457 e. The molecule has 0 fully saturated rings. The lowest BCUT2D eigenvalue weighted by Crippen LogP contribution is -1.75. The summed E-state index contributed by atoms with van der Waals surface area (Å²) in [6.45, 7) is 0. The molecule has 3 heterocycles. The summed E-state index contributed by atoms with van der Waals surface area (Å²) in [6, 6.07) is 12.3.